The minimum Gasteiger partial charge on any atom is -0.309 e. The summed E-state index contributed by atoms with van der Waals surface area (Å²) in [6, 6.07) is 15.0. The van der Waals surface area contributed by atoms with E-state index in [1.54, 1.807) is 0 Å². The minimum atomic E-state index is 0.212. The fourth-order valence-electron chi connectivity index (χ4n) is 2.46. The van der Waals surface area contributed by atoms with Crippen molar-refractivity contribution in [2.45, 2.75) is 26.3 Å². The molecule has 19 heavy (non-hydrogen) atoms. The number of rotatable bonds is 4. The smallest absolute Gasteiger partial charge is 0.0577 e. The van der Waals surface area contributed by atoms with Crippen LogP contribution in [0.15, 0.2) is 42.5 Å². The molecule has 0 spiro atoms. The monoisotopic (exact) mass is 273 g/mol. The number of aryl methyl sites for hydroxylation is 2. The van der Waals surface area contributed by atoms with E-state index in [1.807, 2.05) is 19.2 Å². The molecule has 2 aromatic carbocycles. The van der Waals surface area contributed by atoms with Crippen molar-refractivity contribution in [3.63, 3.8) is 0 Å². The van der Waals surface area contributed by atoms with Gasteiger partial charge >= 0.3 is 0 Å². The summed E-state index contributed by atoms with van der Waals surface area (Å²) in [5.41, 5.74) is 5.16. The number of benzene rings is 2. The third-order valence-electron chi connectivity index (χ3n) is 3.52. The molecule has 0 aliphatic heterocycles. The summed E-state index contributed by atoms with van der Waals surface area (Å²) < 4.78 is 0. The second kappa shape index (κ2) is 6.23. The molecule has 0 aromatic heterocycles. The lowest BCUT2D eigenvalue weighted by Gasteiger charge is -2.20. The fraction of sp³-hybridized carbons (Fsp3) is 0.294. The summed E-state index contributed by atoms with van der Waals surface area (Å²) in [6.07, 6.45) is 1.06. The molecule has 0 fully saturated rings. The molecule has 1 atom stereocenters. The van der Waals surface area contributed by atoms with E-state index in [0.717, 1.165) is 11.4 Å². The van der Waals surface area contributed by atoms with Crippen LogP contribution in [-0.2, 0) is 6.42 Å². The highest BCUT2D eigenvalue weighted by molar-refractivity contribution is 6.30. The van der Waals surface area contributed by atoms with Crippen LogP contribution in [0.3, 0.4) is 0 Å². The predicted octanol–water partition coefficient (Wildman–Crippen LogP) is 4.52. The standard InChI is InChI=1S/C17H20ClN/c1-4-13-6-5-7-14(11-13)17(19-3)16-9-8-15(18)10-12(16)2/h5-11,17,19H,4H2,1-3H3. The zero-order valence-electron chi connectivity index (χ0n) is 11.7. The van der Waals surface area contributed by atoms with E-state index in [1.165, 1.54) is 22.3 Å². The third kappa shape index (κ3) is 3.17. The number of hydrogen-bond donors (Lipinski definition) is 1. The minimum absolute atomic E-state index is 0.212. The zero-order chi connectivity index (χ0) is 13.8. The van der Waals surface area contributed by atoms with Crippen LogP contribution >= 0.6 is 11.6 Å². The van der Waals surface area contributed by atoms with Gasteiger partial charge in [0.1, 0.15) is 0 Å². The fourth-order valence-corrected chi connectivity index (χ4v) is 2.68. The van der Waals surface area contributed by atoms with Crippen molar-refractivity contribution < 1.29 is 0 Å². The maximum absolute atomic E-state index is 6.04. The molecule has 0 aliphatic carbocycles. The van der Waals surface area contributed by atoms with Gasteiger partial charge in [0.25, 0.3) is 0 Å². The molecule has 1 N–H and O–H groups in total. The maximum Gasteiger partial charge on any atom is 0.0577 e. The van der Waals surface area contributed by atoms with E-state index in [0.29, 0.717) is 0 Å². The molecule has 0 amide bonds. The van der Waals surface area contributed by atoms with Crippen molar-refractivity contribution in [1.82, 2.24) is 5.32 Å². The Bertz CT molecular complexity index is 563. The van der Waals surface area contributed by atoms with Crippen LogP contribution in [-0.4, -0.2) is 7.05 Å². The Morgan fingerprint density at radius 1 is 1.16 bits per heavy atom. The van der Waals surface area contributed by atoms with Crippen LogP contribution in [0.2, 0.25) is 5.02 Å². The first-order valence-electron chi connectivity index (χ1n) is 6.68. The molecular weight excluding hydrogens is 254 g/mol. The van der Waals surface area contributed by atoms with Crippen molar-refractivity contribution in [3.05, 3.63) is 69.7 Å². The lowest BCUT2D eigenvalue weighted by Crippen LogP contribution is -2.18. The van der Waals surface area contributed by atoms with Gasteiger partial charge in [0.05, 0.1) is 6.04 Å². The molecule has 0 saturated carbocycles. The molecule has 0 radical (unpaired) electrons. The first-order valence-corrected chi connectivity index (χ1v) is 7.05. The van der Waals surface area contributed by atoms with Gasteiger partial charge in [-0.1, -0.05) is 48.9 Å². The van der Waals surface area contributed by atoms with Crippen molar-refractivity contribution in [2.75, 3.05) is 7.05 Å². The topological polar surface area (TPSA) is 12.0 Å². The molecule has 2 rings (SSSR count). The van der Waals surface area contributed by atoms with Gasteiger partial charge in [-0.2, -0.15) is 0 Å². The average molecular weight is 274 g/mol. The van der Waals surface area contributed by atoms with Crippen LogP contribution in [0.5, 0.6) is 0 Å². The number of hydrogen-bond acceptors (Lipinski definition) is 1. The molecule has 2 aromatic rings. The van der Waals surface area contributed by atoms with Crippen molar-refractivity contribution in [1.29, 1.82) is 0 Å². The van der Waals surface area contributed by atoms with E-state index in [9.17, 15) is 0 Å². The quantitative estimate of drug-likeness (QED) is 0.864. The lowest BCUT2D eigenvalue weighted by atomic mass is 9.94. The van der Waals surface area contributed by atoms with E-state index in [-0.39, 0.29) is 6.04 Å². The maximum atomic E-state index is 6.04. The Morgan fingerprint density at radius 3 is 2.58 bits per heavy atom. The normalized spacial score (nSPS) is 12.4. The Morgan fingerprint density at radius 2 is 1.95 bits per heavy atom. The van der Waals surface area contributed by atoms with Gasteiger partial charge in [0, 0.05) is 5.02 Å². The second-order valence-electron chi connectivity index (χ2n) is 4.82. The summed E-state index contributed by atoms with van der Waals surface area (Å²) in [7, 11) is 2.00. The van der Waals surface area contributed by atoms with Crippen molar-refractivity contribution >= 4 is 11.6 Å². The predicted molar refractivity (Wildman–Crippen MR) is 82.9 cm³/mol. The van der Waals surface area contributed by atoms with Gasteiger partial charge < -0.3 is 5.32 Å². The van der Waals surface area contributed by atoms with Crippen molar-refractivity contribution in [3.8, 4) is 0 Å². The van der Waals surface area contributed by atoms with Gasteiger partial charge in [-0.25, -0.2) is 0 Å². The summed E-state index contributed by atoms with van der Waals surface area (Å²) in [4.78, 5) is 0. The number of nitrogens with one attached hydrogen (secondary N) is 1. The molecule has 1 unspecified atom stereocenters. The van der Waals surface area contributed by atoms with Crippen LogP contribution in [0.1, 0.15) is 35.2 Å². The molecule has 1 nitrogen and oxygen atoms in total. The Labute approximate surface area is 120 Å². The van der Waals surface area contributed by atoms with E-state index in [4.69, 9.17) is 11.6 Å². The molecule has 2 heteroatoms. The van der Waals surface area contributed by atoms with Gasteiger partial charge in [-0.3, -0.25) is 0 Å². The molecular formula is C17H20ClN. The Kier molecular flexibility index (Phi) is 4.62. The second-order valence-corrected chi connectivity index (χ2v) is 5.26. The Balaban J connectivity index is 2.43. The van der Waals surface area contributed by atoms with Gasteiger partial charge in [0.2, 0.25) is 0 Å². The van der Waals surface area contributed by atoms with Gasteiger partial charge in [-0.15, -0.1) is 0 Å². The summed E-state index contributed by atoms with van der Waals surface area (Å²) in [5, 5.41) is 4.19. The van der Waals surface area contributed by atoms with Gasteiger partial charge in [0.15, 0.2) is 0 Å². The van der Waals surface area contributed by atoms with Crippen LogP contribution < -0.4 is 5.32 Å². The number of halogens is 1. The molecule has 0 saturated heterocycles. The first-order chi connectivity index (χ1) is 9.15. The SMILES string of the molecule is CCc1cccc(C(NC)c2ccc(Cl)cc2C)c1. The summed E-state index contributed by atoms with van der Waals surface area (Å²) in [5.74, 6) is 0. The molecule has 0 aliphatic rings. The van der Waals surface area contributed by atoms with Crippen LogP contribution in [0.25, 0.3) is 0 Å². The first kappa shape index (κ1) is 14.1. The highest BCUT2D eigenvalue weighted by Gasteiger charge is 2.14. The van der Waals surface area contributed by atoms with Crippen LogP contribution in [0, 0.1) is 6.92 Å². The highest BCUT2D eigenvalue weighted by atomic mass is 35.5. The van der Waals surface area contributed by atoms with Crippen LogP contribution in [0.4, 0.5) is 0 Å². The third-order valence-corrected chi connectivity index (χ3v) is 3.76. The van der Waals surface area contributed by atoms with Gasteiger partial charge in [-0.05, 0) is 54.8 Å². The lowest BCUT2D eigenvalue weighted by molar-refractivity contribution is 0.686. The largest absolute Gasteiger partial charge is 0.309 e. The molecule has 100 valence electrons. The van der Waals surface area contributed by atoms with E-state index < -0.39 is 0 Å². The Hall–Kier alpha value is -1.31. The molecule has 0 heterocycles. The summed E-state index contributed by atoms with van der Waals surface area (Å²) >= 11 is 6.04. The van der Waals surface area contributed by atoms with E-state index >= 15 is 0 Å². The molecule has 0 bridgehead atoms. The highest BCUT2D eigenvalue weighted by Crippen LogP contribution is 2.27. The summed E-state index contributed by atoms with van der Waals surface area (Å²) in [6.45, 7) is 4.29. The zero-order valence-corrected chi connectivity index (χ0v) is 12.5. The van der Waals surface area contributed by atoms with Crippen molar-refractivity contribution in [2.24, 2.45) is 0 Å². The average Bonchev–Trinajstić information content (AvgIpc) is 2.42. The van der Waals surface area contributed by atoms with E-state index in [2.05, 4.69) is 49.5 Å².